The van der Waals surface area contributed by atoms with Gasteiger partial charge in [-0.25, -0.2) is 4.79 Å². The van der Waals surface area contributed by atoms with Gasteiger partial charge in [0.2, 0.25) is 6.29 Å². The maximum absolute atomic E-state index is 16.1. The summed E-state index contributed by atoms with van der Waals surface area (Å²) in [6, 6.07) is 3.11. The summed E-state index contributed by atoms with van der Waals surface area (Å²) in [6.07, 6.45) is -32.9. The van der Waals surface area contributed by atoms with Crippen LogP contribution in [-0.4, -0.2) is 296 Å². The molecule has 576 valence electrons. The average molecular weight is 1460 g/mol. The van der Waals surface area contributed by atoms with Crippen molar-refractivity contribution in [3.05, 3.63) is 35.4 Å². The quantitative estimate of drug-likeness (QED) is 0.0303. The number of carbonyl (C=O) groups is 3. The lowest BCUT2D eigenvalue weighted by molar-refractivity contribution is -0.384. The second kappa shape index (κ2) is 29.6. The van der Waals surface area contributed by atoms with Crippen LogP contribution in [0.2, 0.25) is 0 Å². The molecule has 10 aliphatic rings. The number of benzene rings is 1. The minimum Gasteiger partial charge on any atom is -0.496 e. The van der Waals surface area contributed by atoms with Crippen LogP contribution in [0, 0.1) is 50.2 Å². The van der Waals surface area contributed by atoms with Crippen LogP contribution in [0.4, 0.5) is 0 Å². The van der Waals surface area contributed by atoms with Crippen molar-refractivity contribution in [1.82, 2.24) is 0 Å². The highest BCUT2D eigenvalue weighted by molar-refractivity contribution is 5.89. The van der Waals surface area contributed by atoms with Gasteiger partial charge in [-0.2, -0.15) is 0 Å². The van der Waals surface area contributed by atoms with E-state index in [1.807, 2.05) is 6.92 Å². The zero-order valence-corrected chi connectivity index (χ0v) is 58.9. The van der Waals surface area contributed by atoms with Crippen LogP contribution in [0.5, 0.6) is 17.2 Å². The van der Waals surface area contributed by atoms with Gasteiger partial charge in [0.15, 0.2) is 37.4 Å². The van der Waals surface area contributed by atoms with Crippen molar-refractivity contribution in [2.75, 3.05) is 54.4 Å². The van der Waals surface area contributed by atoms with Crippen LogP contribution >= 0.6 is 0 Å². The number of carbonyl (C=O) groups excluding carboxylic acids is 2. The van der Waals surface area contributed by atoms with Crippen LogP contribution < -0.4 is 14.2 Å². The van der Waals surface area contributed by atoms with E-state index in [0.717, 1.165) is 11.6 Å². The van der Waals surface area contributed by atoms with Crippen molar-refractivity contribution < 1.29 is 157 Å². The molecule has 5 saturated heterocycles. The van der Waals surface area contributed by atoms with Gasteiger partial charge < -0.3 is 143 Å². The number of methoxy groups -OCH3 is 3. The smallest absolute Gasteiger partial charge is 0.331 e. The molecule has 32 heteroatoms. The molecule has 32 atom stereocenters. The van der Waals surface area contributed by atoms with Gasteiger partial charge in [0.05, 0.1) is 89.1 Å². The Bertz CT molecular complexity index is 3200. The lowest BCUT2D eigenvalue weighted by atomic mass is 9.33. The number of fused-ring (bicyclic) bond motifs is 7. The first-order valence-electron chi connectivity index (χ1n) is 35.0. The number of aliphatic carboxylic acids is 1. The van der Waals surface area contributed by atoms with Crippen LogP contribution in [0.3, 0.4) is 0 Å². The first kappa shape index (κ1) is 78.7. The highest BCUT2D eigenvalue weighted by atomic mass is 16.8. The van der Waals surface area contributed by atoms with E-state index in [-0.39, 0.29) is 50.2 Å². The number of aliphatic hydroxyl groups excluding tert-OH is 13. The molecule has 5 aliphatic heterocycles. The van der Waals surface area contributed by atoms with Gasteiger partial charge in [0.25, 0.3) is 0 Å². The Morgan fingerprint density at radius 1 is 0.608 bits per heavy atom. The van der Waals surface area contributed by atoms with Gasteiger partial charge >= 0.3 is 17.9 Å². The number of allylic oxidation sites excluding steroid dienone is 1. The van der Waals surface area contributed by atoms with Crippen LogP contribution in [-0.2, 0) is 66.5 Å². The first-order valence-corrected chi connectivity index (χ1v) is 35.0. The maximum atomic E-state index is 16.1. The molecule has 5 aliphatic carbocycles. The molecule has 11 rings (SSSR count). The van der Waals surface area contributed by atoms with Gasteiger partial charge in [-0.1, -0.05) is 39.3 Å². The highest BCUT2D eigenvalue weighted by Crippen LogP contribution is 2.76. The molecule has 0 bridgehead atoms. The molecule has 0 spiro atoms. The normalized spacial score (nSPS) is 47.7. The molecule has 0 amide bonds. The Labute approximate surface area is 589 Å². The highest BCUT2D eigenvalue weighted by Gasteiger charge is 2.74. The lowest BCUT2D eigenvalue weighted by Crippen LogP contribution is -2.71. The number of hydrogen-bond donors (Lipinski definition) is 15. The van der Waals surface area contributed by atoms with E-state index in [2.05, 4.69) is 26.8 Å². The van der Waals surface area contributed by atoms with E-state index in [0.29, 0.717) is 37.0 Å². The molecule has 15 N–H and O–H groups in total. The minimum absolute atomic E-state index is 0.00660. The van der Waals surface area contributed by atoms with Crippen LogP contribution in [0.1, 0.15) is 112 Å². The molecular formula is C70H104O32. The van der Waals surface area contributed by atoms with Crippen LogP contribution in [0.15, 0.2) is 29.9 Å². The van der Waals surface area contributed by atoms with E-state index >= 15 is 4.79 Å². The molecule has 8 unspecified atom stereocenters. The second-order valence-electron chi connectivity index (χ2n) is 31.3. The molecule has 0 radical (unpaired) electrons. The van der Waals surface area contributed by atoms with Crippen molar-refractivity contribution >= 4 is 24.0 Å². The average Bonchev–Trinajstić information content (AvgIpc) is 0.772. The van der Waals surface area contributed by atoms with Gasteiger partial charge in [0.1, 0.15) is 102 Å². The zero-order valence-electron chi connectivity index (χ0n) is 58.9. The first-order chi connectivity index (χ1) is 48.0. The van der Waals surface area contributed by atoms with Crippen molar-refractivity contribution in [1.29, 1.82) is 0 Å². The predicted octanol–water partition coefficient (Wildman–Crippen LogP) is -1.58. The van der Waals surface area contributed by atoms with E-state index in [1.54, 1.807) is 12.1 Å². The SMILES string of the molecule is COc1cc(OC)c(/C=C/C(=O)O[C@@H]2[C@H](O)[C@@H](O[C@@H]3O[C@@H](C)[C@H](O[C@H]4OC[C@@H](O)[C@H](O)[C@H]4O)[C@@H](OC4OC[C@](O)(CO)[C@H]4O)[C@H]3O)[C@@H](OC(=O)C34CCC(C)(C)CC3C3=CCC5[C@@]6(C)CC(O)C(OC7O[C@H](CO)[C@@H](O)[C@H](O)[C@H]7O)[C@@](C)(C(=O)O)C6CC[C@@]5(C)[C@]3(CO)CC4)O[C@@H]2C)c(OC)c1. The summed E-state index contributed by atoms with van der Waals surface area (Å²) in [5.74, 6) is -3.97. The molecule has 0 aromatic heterocycles. The zero-order chi connectivity index (χ0) is 74.5. The van der Waals surface area contributed by atoms with Gasteiger partial charge in [0, 0.05) is 23.6 Å². The molecule has 4 saturated carbocycles. The van der Waals surface area contributed by atoms with Gasteiger partial charge in [-0.3, -0.25) is 9.59 Å². The molecule has 32 nitrogen and oxygen atoms in total. The molecule has 9 fully saturated rings. The summed E-state index contributed by atoms with van der Waals surface area (Å²) in [7, 11) is 4.24. The fraction of sp³-hybridized carbons (Fsp3) is 0.814. The second-order valence-corrected chi connectivity index (χ2v) is 31.3. The van der Waals surface area contributed by atoms with Crippen molar-refractivity contribution in [2.24, 2.45) is 50.2 Å². The van der Waals surface area contributed by atoms with Crippen molar-refractivity contribution in [2.45, 2.75) is 253 Å². The number of esters is 2. The Morgan fingerprint density at radius 3 is 1.86 bits per heavy atom. The van der Waals surface area contributed by atoms with E-state index in [1.165, 1.54) is 48.2 Å². The number of carboxylic acid groups (broad SMARTS) is 1. The van der Waals surface area contributed by atoms with Crippen LogP contribution in [0.25, 0.3) is 6.08 Å². The Balaban J connectivity index is 0.916. The molecule has 5 heterocycles. The third-order valence-corrected chi connectivity index (χ3v) is 25.2. The summed E-state index contributed by atoms with van der Waals surface area (Å²) in [6.45, 7) is 9.24. The molecule has 1 aromatic carbocycles. The topological polar surface area (TPSA) is 484 Å². The predicted molar refractivity (Wildman–Crippen MR) is 344 cm³/mol. The standard InChI is InChI=1S/C70H104O32/c1-30-51(97-43(76)14-11-33-38(90-9)21-32(89-8)22-39(33)91-10)49(82)54(100-59-50(83)53(99-61-55(84)70(88,28-73)29-93-61)52(31(2)94-59)98-57-47(80)44(77)37(75)26-92-57)60(95-30)102-63(87)68-18-17-64(3,4)23-35(68)34-12-13-41-65(5)24-36(74)56(101-58-48(81)46(79)45(78)40(25-71)96-58)67(7,62(85)86)42(65)15-16-66(41,6)69(34,27-72)20-19-68/h11-12,14,21-22,30-31,35-37,40-42,44-61,71-75,77-84,88H,13,15-20,23-29H2,1-10H3,(H,85,86)/b14-11+/t30-,31+,35?,36?,37-,40-,41?,42?,44+,45-,46+,47-,48-,49+,50-,51+,52+,53+,54-,55+,56?,57-,58?,59+,60-,61?,65-,66-,67+,68?,69+,70-/m1/s1. The van der Waals surface area contributed by atoms with E-state index < -0.39 is 242 Å². The third-order valence-electron chi connectivity index (χ3n) is 25.2. The molecule has 1 aromatic rings. The van der Waals surface area contributed by atoms with E-state index in [9.17, 15) is 86.2 Å². The number of carboxylic acids is 1. The van der Waals surface area contributed by atoms with Gasteiger partial charge in [-0.05, 0) is 119 Å². The molecular weight excluding hydrogens is 1350 g/mol. The fourth-order valence-corrected chi connectivity index (χ4v) is 19.2. The summed E-state index contributed by atoms with van der Waals surface area (Å²) in [5, 5.41) is 168. The monoisotopic (exact) mass is 1460 g/mol. The fourth-order valence-electron chi connectivity index (χ4n) is 19.2. The third kappa shape index (κ3) is 13.3. The number of ether oxygens (including phenoxy) is 14. The maximum Gasteiger partial charge on any atom is 0.331 e. The lowest BCUT2D eigenvalue weighted by Gasteiger charge is -2.71. The molecule has 102 heavy (non-hydrogen) atoms. The summed E-state index contributed by atoms with van der Waals surface area (Å²) < 4.78 is 83.8. The number of hydrogen-bond acceptors (Lipinski definition) is 31. The van der Waals surface area contributed by atoms with Crippen molar-refractivity contribution in [3.8, 4) is 17.2 Å². The summed E-state index contributed by atoms with van der Waals surface area (Å²) in [5.41, 5.74) is -7.62. The minimum atomic E-state index is -2.25. The summed E-state index contributed by atoms with van der Waals surface area (Å²) in [4.78, 5) is 44.1. The number of rotatable bonds is 20. The van der Waals surface area contributed by atoms with Crippen molar-refractivity contribution in [3.63, 3.8) is 0 Å². The van der Waals surface area contributed by atoms with E-state index in [4.69, 9.17) is 66.3 Å². The van der Waals surface area contributed by atoms with Gasteiger partial charge in [-0.15, -0.1) is 0 Å². The Kier molecular flexibility index (Phi) is 22.8. The Hall–Kier alpha value is -4.41. The Morgan fingerprint density at radius 2 is 1.24 bits per heavy atom. The summed E-state index contributed by atoms with van der Waals surface area (Å²) >= 11 is 0. The number of aliphatic hydroxyl groups is 14. The largest absolute Gasteiger partial charge is 0.496 e.